The molecule has 2 rings (SSSR count). The second kappa shape index (κ2) is 9.66. The van der Waals surface area contributed by atoms with Crippen molar-refractivity contribution in [2.24, 2.45) is 0 Å². The molecule has 0 spiro atoms. The molecule has 1 amide bonds. The number of nitrogens with one attached hydrogen (secondary N) is 1. The Labute approximate surface area is 177 Å². The zero-order valence-electron chi connectivity index (χ0n) is 18.4. The molecule has 30 heavy (non-hydrogen) atoms. The van der Waals surface area contributed by atoms with Gasteiger partial charge in [-0.3, -0.25) is 14.9 Å². The van der Waals surface area contributed by atoms with Crippen LogP contribution >= 0.6 is 0 Å². The molecule has 0 saturated carbocycles. The van der Waals surface area contributed by atoms with Gasteiger partial charge < -0.3 is 25.0 Å². The van der Waals surface area contributed by atoms with Gasteiger partial charge in [0.1, 0.15) is 17.5 Å². The van der Waals surface area contributed by atoms with Crippen LogP contribution in [0, 0.1) is 0 Å². The Balaban J connectivity index is 1.99. The molecule has 0 aromatic heterocycles. The summed E-state index contributed by atoms with van der Waals surface area (Å²) in [6.45, 7) is 10.4. The van der Waals surface area contributed by atoms with Crippen LogP contribution < -0.4 is 5.32 Å². The molecule has 4 N–H and O–H groups in total. The van der Waals surface area contributed by atoms with Crippen molar-refractivity contribution in [1.29, 1.82) is 0 Å². The molecular weight excluding hydrogens is 388 g/mol. The van der Waals surface area contributed by atoms with Gasteiger partial charge in [0.2, 0.25) is 0 Å². The average molecular weight is 423 g/mol. The van der Waals surface area contributed by atoms with E-state index < -0.39 is 17.6 Å². The van der Waals surface area contributed by atoms with Crippen LogP contribution in [0.2, 0.25) is 0 Å². The molecule has 1 aromatic rings. The lowest BCUT2D eigenvalue weighted by Crippen LogP contribution is -2.52. The van der Waals surface area contributed by atoms with Gasteiger partial charge in [0.25, 0.3) is 5.91 Å². The number of phenols is 2. The van der Waals surface area contributed by atoms with Gasteiger partial charge in [0.15, 0.2) is 0 Å². The number of benzene rings is 1. The second-order valence-corrected chi connectivity index (χ2v) is 9.13. The number of ether oxygens (including phenoxy) is 1. The number of carboxylic acids is 1. The largest absolute Gasteiger partial charge is 0.508 e. The monoisotopic (exact) mass is 422 g/mol. The van der Waals surface area contributed by atoms with Crippen LogP contribution in [-0.2, 0) is 9.53 Å². The van der Waals surface area contributed by atoms with Crippen LogP contribution in [0.25, 0.3) is 0 Å². The number of rotatable bonds is 7. The summed E-state index contributed by atoms with van der Waals surface area (Å²) in [5.74, 6) is -1.52. The van der Waals surface area contributed by atoms with Crippen LogP contribution in [0.1, 0.15) is 69.3 Å². The van der Waals surface area contributed by atoms with E-state index in [2.05, 4.69) is 5.32 Å². The van der Waals surface area contributed by atoms with Gasteiger partial charge >= 0.3 is 5.97 Å². The third-order valence-corrected chi connectivity index (χ3v) is 5.20. The fraction of sp³-hybridized carbons (Fsp3) is 0.636. The predicted molar refractivity (Wildman–Crippen MR) is 113 cm³/mol. The van der Waals surface area contributed by atoms with Gasteiger partial charge in [-0.05, 0) is 51.2 Å². The fourth-order valence-electron chi connectivity index (χ4n) is 3.46. The zero-order valence-corrected chi connectivity index (χ0v) is 18.4. The van der Waals surface area contributed by atoms with E-state index >= 15 is 0 Å². The average Bonchev–Trinajstić information content (AvgIpc) is 2.64. The Morgan fingerprint density at radius 3 is 2.27 bits per heavy atom. The van der Waals surface area contributed by atoms with Crippen molar-refractivity contribution in [2.75, 3.05) is 19.7 Å². The third-order valence-electron chi connectivity index (χ3n) is 5.20. The maximum Gasteiger partial charge on any atom is 0.323 e. The van der Waals surface area contributed by atoms with Crippen molar-refractivity contribution in [2.45, 2.75) is 71.1 Å². The minimum Gasteiger partial charge on any atom is -0.508 e. The molecule has 0 aliphatic carbocycles. The number of carboxylic acid groups (broad SMARTS) is 1. The number of aliphatic carboxylic acids is 1. The summed E-state index contributed by atoms with van der Waals surface area (Å²) in [7, 11) is 0. The van der Waals surface area contributed by atoms with Gasteiger partial charge in [0, 0.05) is 25.2 Å². The van der Waals surface area contributed by atoms with Crippen LogP contribution in [-0.4, -0.2) is 69.5 Å². The van der Waals surface area contributed by atoms with Crippen molar-refractivity contribution in [1.82, 2.24) is 10.2 Å². The highest BCUT2D eigenvalue weighted by Gasteiger charge is 2.29. The molecule has 1 aromatic carbocycles. The van der Waals surface area contributed by atoms with Gasteiger partial charge in [0.05, 0.1) is 17.8 Å². The summed E-state index contributed by atoms with van der Waals surface area (Å²) in [5.41, 5.74) is 0.354. The Morgan fingerprint density at radius 2 is 1.77 bits per heavy atom. The minimum absolute atomic E-state index is 0.00959. The number of hydrogen-bond donors (Lipinski definition) is 4. The molecule has 1 fully saturated rings. The summed E-state index contributed by atoms with van der Waals surface area (Å²) in [4.78, 5) is 26.1. The van der Waals surface area contributed by atoms with Gasteiger partial charge in [-0.15, -0.1) is 0 Å². The van der Waals surface area contributed by atoms with E-state index in [1.54, 1.807) is 11.0 Å². The number of aromatic hydroxyl groups is 2. The lowest BCUT2D eigenvalue weighted by Gasteiger charge is -2.34. The molecule has 168 valence electrons. The predicted octanol–water partition coefficient (Wildman–Crippen LogP) is 2.68. The molecule has 1 atom stereocenters. The van der Waals surface area contributed by atoms with E-state index in [0.29, 0.717) is 31.5 Å². The van der Waals surface area contributed by atoms with Crippen LogP contribution in [0.3, 0.4) is 0 Å². The maximum absolute atomic E-state index is 12.9. The lowest BCUT2D eigenvalue weighted by atomic mass is 9.97. The summed E-state index contributed by atoms with van der Waals surface area (Å²) < 4.78 is 5.61. The topological polar surface area (TPSA) is 119 Å². The Morgan fingerprint density at radius 1 is 1.17 bits per heavy atom. The summed E-state index contributed by atoms with van der Waals surface area (Å²) in [6.07, 6.45) is 1.20. The summed E-state index contributed by atoms with van der Waals surface area (Å²) in [5, 5.41) is 32.7. The third kappa shape index (κ3) is 6.34. The smallest absolute Gasteiger partial charge is 0.323 e. The molecule has 8 nitrogen and oxygen atoms in total. The van der Waals surface area contributed by atoms with Crippen molar-refractivity contribution in [3.63, 3.8) is 0 Å². The quantitative estimate of drug-likeness (QED) is 0.533. The number of likely N-dealkylation sites (tertiary alicyclic amines) is 1. The molecule has 0 radical (unpaired) electrons. The molecule has 1 saturated heterocycles. The minimum atomic E-state index is -0.965. The first-order valence-corrected chi connectivity index (χ1v) is 10.4. The van der Waals surface area contributed by atoms with Crippen molar-refractivity contribution in [3.05, 3.63) is 23.3 Å². The SMILES string of the molecule is CC(C)c1cc(C(=O)N2CCC(N[C@@H](COC(C)(C)C)C(=O)O)CC2)c(O)cc1O. The normalized spacial score (nSPS) is 16.7. The highest BCUT2D eigenvalue weighted by molar-refractivity contribution is 5.97. The number of nitrogens with zero attached hydrogens (tertiary/aromatic N) is 1. The summed E-state index contributed by atoms with van der Waals surface area (Å²) >= 11 is 0. The number of hydrogen-bond acceptors (Lipinski definition) is 6. The summed E-state index contributed by atoms with van der Waals surface area (Å²) in [6, 6.07) is 1.90. The Bertz CT molecular complexity index is 764. The molecule has 8 heteroatoms. The molecule has 1 heterocycles. The number of carbonyl (C=O) groups is 2. The van der Waals surface area contributed by atoms with Crippen molar-refractivity contribution >= 4 is 11.9 Å². The van der Waals surface area contributed by atoms with Crippen LogP contribution in [0.4, 0.5) is 0 Å². The second-order valence-electron chi connectivity index (χ2n) is 9.13. The lowest BCUT2D eigenvalue weighted by molar-refractivity contribution is -0.143. The van der Waals surface area contributed by atoms with Crippen molar-refractivity contribution in [3.8, 4) is 11.5 Å². The molecule has 1 aliphatic rings. The first-order chi connectivity index (χ1) is 13.9. The van der Waals surface area contributed by atoms with E-state index in [1.165, 1.54) is 6.07 Å². The van der Waals surface area contributed by atoms with E-state index in [4.69, 9.17) is 4.74 Å². The van der Waals surface area contributed by atoms with Gasteiger partial charge in [-0.1, -0.05) is 13.8 Å². The molecular formula is C22H34N2O6. The van der Waals surface area contributed by atoms with Crippen LogP contribution in [0.5, 0.6) is 11.5 Å². The number of piperidine rings is 1. The number of carbonyl (C=O) groups excluding carboxylic acids is 1. The van der Waals surface area contributed by atoms with E-state index in [1.807, 2.05) is 34.6 Å². The van der Waals surface area contributed by atoms with Crippen LogP contribution in [0.15, 0.2) is 12.1 Å². The van der Waals surface area contributed by atoms with Gasteiger partial charge in [-0.2, -0.15) is 0 Å². The van der Waals surface area contributed by atoms with E-state index in [0.717, 1.165) is 0 Å². The number of phenolic OH excluding ortho intramolecular Hbond substituents is 2. The molecule has 0 unspecified atom stereocenters. The first kappa shape index (κ1) is 24.0. The zero-order chi connectivity index (χ0) is 22.6. The highest BCUT2D eigenvalue weighted by Crippen LogP contribution is 2.33. The Hall–Kier alpha value is -2.32. The number of amides is 1. The standard InChI is InChI=1S/C22H34N2O6/c1-13(2)15-10-16(19(26)11-18(15)25)20(27)24-8-6-14(7-9-24)23-17(21(28)29)12-30-22(3,4)5/h10-11,13-14,17,23,25-26H,6-9,12H2,1-5H3,(H,28,29)/t17-/m0/s1. The fourth-order valence-corrected chi connectivity index (χ4v) is 3.46. The van der Waals surface area contributed by atoms with Crippen molar-refractivity contribution < 1.29 is 29.6 Å². The molecule has 0 bridgehead atoms. The molecule has 1 aliphatic heterocycles. The van der Waals surface area contributed by atoms with E-state index in [9.17, 15) is 24.9 Å². The van der Waals surface area contributed by atoms with E-state index in [-0.39, 0.29) is 41.5 Å². The first-order valence-electron chi connectivity index (χ1n) is 10.4. The maximum atomic E-state index is 12.9. The Kier molecular flexibility index (Phi) is 7.71. The highest BCUT2D eigenvalue weighted by atomic mass is 16.5. The van der Waals surface area contributed by atoms with Gasteiger partial charge in [-0.25, -0.2) is 0 Å².